The Morgan fingerprint density at radius 1 is 0.714 bits per heavy atom. The summed E-state index contributed by atoms with van der Waals surface area (Å²) >= 11 is 1.64. The van der Waals surface area contributed by atoms with Gasteiger partial charge in [0, 0.05) is 24.8 Å². The van der Waals surface area contributed by atoms with E-state index in [4.69, 9.17) is 9.47 Å². The monoisotopic (exact) mass is 298 g/mol. The molecule has 21 heavy (non-hydrogen) atoms. The molecule has 0 radical (unpaired) electrons. The highest BCUT2D eigenvalue weighted by Crippen LogP contribution is 2.51. The van der Waals surface area contributed by atoms with Gasteiger partial charge in [0.25, 0.3) is 0 Å². The fourth-order valence-corrected chi connectivity index (χ4v) is 3.41. The van der Waals surface area contributed by atoms with Gasteiger partial charge in [-0.25, -0.2) is 0 Å². The Morgan fingerprint density at radius 3 is 1.43 bits per heavy atom. The van der Waals surface area contributed by atoms with Crippen molar-refractivity contribution in [2.75, 3.05) is 14.2 Å². The Kier molecular flexibility index (Phi) is 3.83. The van der Waals surface area contributed by atoms with Gasteiger partial charge < -0.3 is 9.47 Å². The number of methoxy groups -OCH3 is 2. The van der Waals surface area contributed by atoms with Crippen LogP contribution >= 0.6 is 11.3 Å². The van der Waals surface area contributed by atoms with Crippen LogP contribution in [0.25, 0.3) is 20.9 Å². The molecule has 0 amide bonds. The van der Waals surface area contributed by atoms with Gasteiger partial charge in [-0.3, -0.25) is 9.97 Å². The third-order valence-corrected chi connectivity index (χ3v) is 4.37. The topological polar surface area (TPSA) is 44.2 Å². The van der Waals surface area contributed by atoms with Gasteiger partial charge in [0.2, 0.25) is 0 Å². The van der Waals surface area contributed by atoms with Crippen molar-refractivity contribution in [2.45, 2.75) is 0 Å². The molecule has 0 saturated carbocycles. The number of aromatic nitrogens is 2. The highest BCUT2D eigenvalue weighted by molar-refractivity contribution is 7.19. The molecule has 0 aliphatic heterocycles. The summed E-state index contributed by atoms with van der Waals surface area (Å²) in [7, 11) is 3.32. The first kappa shape index (κ1) is 13.6. The van der Waals surface area contributed by atoms with Crippen LogP contribution in [0.1, 0.15) is 0 Å². The molecule has 5 heteroatoms. The van der Waals surface area contributed by atoms with Crippen LogP contribution in [0.2, 0.25) is 0 Å². The summed E-state index contributed by atoms with van der Waals surface area (Å²) in [4.78, 5) is 10.2. The van der Waals surface area contributed by atoms with E-state index in [1.54, 1.807) is 50.3 Å². The minimum absolute atomic E-state index is 0.750. The molecule has 0 unspecified atom stereocenters. The van der Waals surface area contributed by atoms with E-state index in [1.807, 2.05) is 24.3 Å². The minimum atomic E-state index is 0.750. The standard InChI is InChI=1S/C16H14N2O2S/c1-19-13-14(20-2)16(12-5-9-18-10-6-12)21-15(13)11-3-7-17-8-4-11/h3-10H,1-2H3. The summed E-state index contributed by atoms with van der Waals surface area (Å²) in [6, 6.07) is 7.85. The van der Waals surface area contributed by atoms with Crippen molar-refractivity contribution in [3.05, 3.63) is 49.1 Å². The van der Waals surface area contributed by atoms with E-state index < -0.39 is 0 Å². The molecule has 0 atom stereocenters. The zero-order valence-corrected chi connectivity index (χ0v) is 12.6. The Morgan fingerprint density at radius 2 is 1.10 bits per heavy atom. The van der Waals surface area contributed by atoms with Gasteiger partial charge in [-0.1, -0.05) is 0 Å². The Hall–Kier alpha value is -2.40. The molecule has 3 heterocycles. The van der Waals surface area contributed by atoms with Crippen molar-refractivity contribution < 1.29 is 9.47 Å². The molecule has 106 valence electrons. The van der Waals surface area contributed by atoms with Crippen LogP contribution in [0.4, 0.5) is 0 Å². The average Bonchev–Trinajstić information content (AvgIpc) is 2.95. The normalized spacial score (nSPS) is 10.4. The smallest absolute Gasteiger partial charge is 0.180 e. The first-order valence-electron chi connectivity index (χ1n) is 6.40. The molecule has 3 aromatic rings. The molecule has 0 aliphatic carbocycles. The lowest BCUT2D eigenvalue weighted by Crippen LogP contribution is -1.89. The summed E-state index contributed by atoms with van der Waals surface area (Å²) < 4.78 is 11.1. The summed E-state index contributed by atoms with van der Waals surface area (Å²) in [5.41, 5.74) is 2.12. The average molecular weight is 298 g/mol. The molecule has 0 N–H and O–H groups in total. The number of ether oxygens (including phenoxy) is 2. The van der Waals surface area contributed by atoms with Crippen molar-refractivity contribution in [2.24, 2.45) is 0 Å². The zero-order chi connectivity index (χ0) is 14.7. The Bertz CT molecular complexity index is 665. The molecule has 3 aromatic heterocycles. The summed E-state index contributed by atoms with van der Waals surface area (Å²) in [6.07, 6.45) is 7.08. The van der Waals surface area contributed by atoms with Crippen LogP contribution in [0.5, 0.6) is 11.5 Å². The van der Waals surface area contributed by atoms with Gasteiger partial charge in [-0.15, -0.1) is 11.3 Å². The highest BCUT2D eigenvalue weighted by Gasteiger charge is 2.22. The lowest BCUT2D eigenvalue weighted by molar-refractivity contribution is 0.360. The molecule has 0 spiro atoms. The Balaban J connectivity index is 2.21. The minimum Gasteiger partial charge on any atom is -0.491 e. The number of hydrogen-bond acceptors (Lipinski definition) is 5. The third kappa shape index (κ3) is 2.48. The first-order chi connectivity index (χ1) is 10.3. The maximum absolute atomic E-state index is 5.57. The molecular formula is C16H14N2O2S. The van der Waals surface area contributed by atoms with Crippen LogP contribution in [-0.4, -0.2) is 24.2 Å². The first-order valence-corrected chi connectivity index (χ1v) is 7.22. The van der Waals surface area contributed by atoms with Crippen molar-refractivity contribution in [3.63, 3.8) is 0 Å². The van der Waals surface area contributed by atoms with Gasteiger partial charge in [0.05, 0.1) is 24.0 Å². The number of hydrogen-bond donors (Lipinski definition) is 0. The number of nitrogens with zero attached hydrogens (tertiary/aromatic N) is 2. The quantitative estimate of drug-likeness (QED) is 0.733. The predicted octanol–water partition coefficient (Wildman–Crippen LogP) is 3.89. The van der Waals surface area contributed by atoms with E-state index in [9.17, 15) is 0 Å². The Labute approximate surface area is 127 Å². The van der Waals surface area contributed by atoms with Crippen molar-refractivity contribution in [1.29, 1.82) is 0 Å². The number of pyridine rings is 2. The summed E-state index contributed by atoms with van der Waals surface area (Å²) in [6.45, 7) is 0. The molecule has 0 bridgehead atoms. The molecule has 0 aromatic carbocycles. The number of thiophene rings is 1. The van der Waals surface area contributed by atoms with Gasteiger partial charge in [-0.05, 0) is 35.4 Å². The maximum Gasteiger partial charge on any atom is 0.180 e. The molecule has 3 rings (SSSR count). The number of rotatable bonds is 4. The van der Waals surface area contributed by atoms with Gasteiger partial charge in [0.15, 0.2) is 11.5 Å². The van der Waals surface area contributed by atoms with Crippen LogP contribution in [0, 0.1) is 0 Å². The van der Waals surface area contributed by atoms with Crippen LogP contribution < -0.4 is 9.47 Å². The fraction of sp³-hybridized carbons (Fsp3) is 0.125. The molecular weight excluding hydrogens is 284 g/mol. The van der Waals surface area contributed by atoms with Gasteiger partial charge in [-0.2, -0.15) is 0 Å². The van der Waals surface area contributed by atoms with E-state index in [2.05, 4.69) is 9.97 Å². The molecule has 4 nitrogen and oxygen atoms in total. The van der Waals surface area contributed by atoms with Crippen molar-refractivity contribution in [1.82, 2.24) is 9.97 Å². The second kappa shape index (κ2) is 5.93. The van der Waals surface area contributed by atoms with E-state index in [-0.39, 0.29) is 0 Å². The second-order valence-electron chi connectivity index (χ2n) is 4.30. The van der Waals surface area contributed by atoms with Crippen LogP contribution in [0.15, 0.2) is 49.1 Å². The van der Waals surface area contributed by atoms with Crippen LogP contribution in [-0.2, 0) is 0 Å². The van der Waals surface area contributed by atoms with Gasteiger partial charge >= 0.3 is 0 Å². The molecule has 0 saturated heterocycles. The van der Waals surface area contributed by atoms with Crippen LogP contribution in [0.3, 0.4) is 0 Å². The van der Waals surface area contributed by atoms with Crippen molar-refractivity contribution in [3.8, 4) is 32.4 Å². The van der Waals surface area contributed by atoms with E-state index in [0.29, 0.717) is 0 Å². The van der Waals surface area contributed by atoms with E-state index in [0.717, 1.165) is 32.4 Å². The maximum atomic E-state index is 5.57. The second-order valence-corrected chi connectivity index (χ2v) is 5.32. The molecule has 0 aliphatic rings. The summed E-state index contributed by atoms with van der Waals surface area (Å²) in [5.74, 6) is 1.50. The SMILES string of the molecule is COc1c(-c2ccncc2)sc(-c2ccncc2)c1OC. The third-order valence-electron chi connectivity index (χ3n) is 3.12. The lowest BCUT2D eigenvalue weighted by Gasteiger charge is -2.06. The van der Waals surface area contributed by atoms with E-state index >= 15 is 0 Å². The lowest BCUT2D eigenvalue weighted by atomic mass is 10.2. The van der Waals surface area contributed by atoms with Crippen molar-refractivity contribution >= 4 is 11.3 Å². The molecule has 0 fully saturated rings. The largest absolute Gasteiger partial charge is 0.491 e. The van der Waals surface area contributed by atoms with E-state index in [1.165, 1.54) is 0 Å². The fourth-order valence-electron chi connectivity index (χ4n) is 2.16. The zero-order valence-electron chi connectivity index (χ0n) is 11.7. The summed E-state index contributed by atoms with van der Waals surface area (Å²) in [5, 5.41) is 0. The highest BCUT2D eigenvalue weighted by atomic mass is 32.1. The predicted molar refractivity (Wildman–Crippen MR) is 83.9 cm³/mol. The van der Waals surface area contributed by atoms with Gasteiger partial charge in [0.1, 0.15) is 0 Å².